The minimum Gasteiger partial charge on any atom is -0.397 e. The van der Waals surface area contributed by atoms with Gasteiger partial charge >= 0.3 is 0 Å². The van der Waals surface area contributed by atoms with Gasteiger partial charge in [0.05, 0.1) is 24.0 Å². The molecule has 4 atom stereocenters. The second kappa shape index (κ2) is 7.91. The van der Waals surface area contributed by atoms with E-state index in [4.69, 9.17) is 16.2 Å². The molecule has 0 radical (unpaired) electrons. The number of halogens is 1. The highest BCUT2D eigenvalue weighted by Gasteiger charge is 2.51. The lowest BCUT2D eigenvalue weighted by Crippen LogP contribution is -2.65. The third kappa shape index (κ3) is 3.83. The zero-order valence-corrected chi connectivity index (χ0v) is 16.8. The van der Waals surface area contributed by atoms with E-state index in [1.807, 2.05) is 0 Å². The molecule has 2 fully saturated rings. The van der Waals surface area contributed by atoms with Crippen molar-refractivity contribution in [2.75, 3.05) is 24.3 Å². The summed E-state index contributed by atoms with van der Waals surface area (Å²) in [5, 5.41) is 6.40. The number of ether oxygens (including phenoxy) is 1. The fourth-order valence-corrected chi connectivity index (χ4v) is 5.53. The molecular formula is C20H24FN5O2S. The molecule has 3 heterocycles. The van der Waals surface area contributed by atoms with Crippen molar-refractivity contribution in [3.63, 3.8) is 0 Å². The maximum absolute atomic E-state index is 15.0. The van der Waals surface area contributed by atoms with Crippen LogP contribution in [0.25, 0.3) is 0 Å². The molecule has 0 saturated carbocycles. The molecule has 1 aromatic heterocycles. The molecule has 29 heavy (non-hydrogen) atoms. The van der Waals surface area contributed by atoms with E-state index in [-0.39, 0.29) is 28.2 Å². The number of nitrogens with one attached hydrogen (secondary N) is 2. The number of benzene rings is 1. The van der Waals surface area contributed by atoms with E-state index in [1.54, 1.807) is 30.0 Å². The molecule has 154 valence electrons. The van der Waals surface area contributed by atoms with Crippen molar-refractivity contribution in [3.8, 4) is 0 Å². The molecule has 1 unspecified atom stereocenters. The third-order valence-electron chi connectivity index (χ3n) is 5.59. The number of anilines is 2. The summed E-state index contributed by atoms with van der Waals surface area (Å²) in [7, 11) is 0. The Balaban J connectivity index is 1.67. The van der Waals surface area contributed by atoms with E-state index in [9.17, 15) is 9.18 Å². The second-order valence-electron chi connectivity index (χ2n) is 7.45. The van der Waals surface area contributed by atoms with E-state index in [0.29, 0.717) is 30.2 Å². The van der Waals surface area contributed by atoms with Crippen LogP contribution in [-0.2, 0) is 10.3 Å². The van der Waals surface area contributed by atoms with Crippen molar-refractivity contribution in [2.24, 2.45) is 11.7 Å². The first-order valence-corrected chi connectivity index (χ1v) is 10.4. The molecule has 0 bridgehead atoms. The number of nitrogens with zero attached hydrogens (tertiary/aromatic N) is 1. The molecule has 2 aliphatic rings. The first-order valence-electron chi connectivity index (χ1n) is 9.48. The second-order valence-corrected chi connectivity index (χ2v) is 8.97. The van der Waals surface area contributed by atoms with Gasteiger partial charge in [0.1, 0.15) is 17.0 Å². The van der Waals surface area contributed by atoms with E-state index in [1.165, 1.54) is 18.3 Å². The highest BCUT2D eigenvalue weighted by molar-refractivity contribution is 8.00. The number of pyridine rings is 1. The predicted molar refractivity (Wildman–Crippen MR) is 112 cm³/mol. The monoisotopic (exact) mass is 417 g/mol. The SMILES string of the molecule is C[C@H]1SC(N)N[C@@]2(c3cc(NC(=O)c4ccc(N)cn4)ccc3F)COCC[C@@H]12. The van der Waals surface area contributed by atoms with E-state index in [2.05, 4.69) is 22.5 Å². The van der Waals surface area contributed by atoms with Crippen molar-refractivity contribution in [3.05, 3.63) is 53.6 Å². The summed E-state index contributed by atoms with van der Waals surface area (Å²) in [6.07, 6.45) is 2.22. The summed E-state index contributed by atoms with van der Waals surface area (Å²) in [4.78, 5) is 16.5. The standard InChI is InChI=1S/C20H24FN5O2S/c1-11-14-6-7-28-10-20(14,26-19(23)29-11)15-8-13(3-4-16(15)21)25-18(27)17-5-2-12(22)9-24-17/h2-5,8-9,11,14,19,26H,6-7,10,22-23H2,1H3,(H,25,27)/t11-,14+,19?,20+/m1/s1. The quantitative estimate of drug-likeness (QED) is 0.605. The molecule has 2 aromatic rings. The van der Waals surface area contributed by atoms with Crippen molar-refractivity contribution in [1.29, 1.82) is 0 Å². The largest absolute Gasteiger partial charge is 0.397 e. The number of aromatic nitrogens is 1. The molecular weight excluding hydrogens is 393 g/mol. The van der Waals surface area contributed by atoms with Crippen molar-refractivity contribution in [2.45, 2.75) is 29.6 Å². The smallest absolute Gasteiger partial charge is 0.274 e. The summed E-state index contributed by atoms with van der Waals surface area (Å²) >= 11 is 1.64. The van der Waals surface area contributed by atoms with Crippen molar-refractivity contribution >= 4 is 29.0 Å². The van der Waals surface area contributed by atoms with Crippen LogP contribution in [0.3, 0.4) is 0 Å². The van der Waals surface area contributed by atoms with Gasteiger partial charge in [-0.25, -0.2) is 9.37 Å². The van der Waals surface area contributed by atoms with Crippen molar-refractivity contribution < 1.29 is 13.9 Å². The van der Waals surface area contributed by atoms with Gasteiger partial charge in [-0.3, -0.25) is 10.1 Å². The molecule has 2 aliphatic heterocycles. The number of hydrogen-bond donors (Lipinski definition) is 4. The number of rotatable bonds is 3. The minimum atomic E-state index is -0.743. The summed E-state index contributed by atoms with van der Waals surface area (Å²) in [5.41, 5.74) is 12.4. The van der Waals surface area contributed by atoms with Crippen LogP contribution in [0.15, 0.2) is 36.5 Å². The topological polar surface area (TPSA) is 115 Å². The van der Waals surface area contributed by atoms with Crippen LogP contribution in [0.2, 0.25) is 0 Å². The average molecular weight is 418 g/mol. The van der Waals surface area contributed by atoms with E-state index < -0.39 is 11.4 Å². The van der Waals surface area contributed by atoms with Crippen LogP contribution < -0.4 is 22.1 Å². The van der Waals surface area contributed by atoms with Crippen LogP contribution in [0.1, 0.15) is 29.4 Å². The van der Waals surface area contributed by atoms with Gasteiger partial charge in [0.15, 0.2) is 0 Å². The Bertz CT molecular complexity index is 912. The third-order valence-corrected chi connectivity index (χ3v) is 6.76. The van der Waals surface area contributed by atoms with Crippen LogP contribution >= 0.6 is 11.8 Å². The van der Waals surface area contributed by atoms with Gasteiger partial charge < -0.3 is 21.5 Å². The lowest BCUT2D eigenvalue weighted by atomic mass is 9.73. The lowest BCUT2D eigenvalue weighted by molar-refractivity contribution is -0.0296. The number of nitrogens with two attached hydrogens (primary N) is 2. The minimum absolute atomic E-state index is 0.153. The summed E-state index contributed by atoms with van der Waals surface area (Å²) in [6.45, 7) is 3.08. The summed E-state index contributed by atoms with van der Waals surface area (Å²) in [5.74, 6) is -0.600. The Kier molecular flexibility index (Phi) is 5.48. The van der Waals surface area contributed by atoms with Gasteiger partial charge in [-0.2, -0.15) is 0 Å². The van der Waals surface area contributed by atoms with Crippen LogP contribution in [0.5, 0.6) is 0 Å². The molecule has 4 rings (SSSR count). The van der Waals surface area contributed by atoms with Gasteiger partial charge in [0.2, 0.25) is 0 Å². The van der Waals surface area contributed by atoms with Gasteiger partial charge in [-0.05, 0) is 42.7 Å². The normalized spacial score (nSPS) is 29.1. The van der Waals surface area contributed by atoms with Crippen LogP contribution in [-0.4, -0.2) is 34.9 Å². The van der Waals surface area contributed by atoms with Gasteiger partial charge in [0.25, 0.3) is 5.91 Å². The molecule has 0 aliphatic carbocycles. The molecule has 1 amide bonds. The molecule has 2 saturated heterocycles. The Morgan fingerprint density at radius 3 is 3.00 bits per heavy atom. The number of amides is 1. The Morgan fingerprint density at radius 1 is 1.41 bits per heavy atom. The zero-order valence-electron chi connectivity index (χ0n) is 16.0. The number of carbonyl (C=O) groups excluding carboxylic acids is 1. The van der Waals surface area contributed by atoms with Crippen molar-refractivity contribution in [1.82, 2.24) is 10.3 Å². The number of nitrogen functional groups attached to an aromatic ring is 1. The number of fused-ring (bicyclic) bond motifs is 1. The Labute approximate surface area is 172 Å². The van der Waals surface area contributed by atoms with Gasteiger partial charge in [-0.15, -0.1) is 11.8 Å². The Hall–Kier alpha value is -2.20. The first kappa shape index (κ1) is 20.1. The number of hydrogen-bond acceptors (Lipinski definition) is 7. The zero-order chi connectivity index (χ0) is 20.6. The predicted octanol–water partition coefficient (Wildman–Crippen LogP) is 2.25. The van der Waals surface area contributed by atoms with E-state index >= 15 is 0 Å². The maximum Gasteiger partial charge on any atom is 0.274 e. The van der Waals surface area contributed by atoms with Gasteiger partial charge in [0, 0.05) is 23.1 Å². The number of carbonyl (C=O) groups is 1. The van der Waals surface area contributed by atoms with Crippen LogP contribution in [0.4, 0.5) is 15.8 Å². The first-order chi connectivity index (χ1) is 13.9. The maximum atomic E-state index is 15.0. The van der Waals surface area contributed by atoms with Gasteiger partial charge in [-0.1, -0.05) is 6.92 Å². The van der Waals surface area contributed by atoms with E-state index in [0.717, 1.165) is 6.42 Å². The fraction of sp³-hybridized carbons (Fsp3) is 0.400. The number of thioether (sulfide) groups is 1. The average Bonchev–Trinajstić information content (AvgIpc) is 2.69. The molecule has 6 N–H and O–H groups in total. The summed E-state index contributed by atoms with van der Waals surface area (Å²) < 4.78 is 20.7. The molecule has 0 spiro atoms. The van der Waals surface area contributed by atoms with Crippen LogP contribution in [0, 0.1) is 11.7 Å². The Morgan fingerprint density at radius 2 is 2.24 bits per heavy atom. The molecule has 1 aromatic carbocycles. The lowest BCUT2D eigenvalue weighted by Gasteiger charge is -2.52. The highest BCUT2D eigenvalue weighted by atomic mass is 32.2. The summed E-state index contributed by atoms with van der Waals surface area (Å²) in [6, 6.07) is 7.70. The highest BCUT2D eigenvalue weighted by Crippen LogP contribution is 2.46. The molecule has 9 heteroatoms. The fourth-order valence-electron chi connectivity index (χ4n) is 4.23. The molecule has 7 nitrogen and oxygen atoms in total.